The molecule has 2 N–H and O–H groups in total. The van der Waals surface area contributed by atoms with Crippen LogP contribution in [0.1, 0.15) is 46.5 Å². The van der Waals surface area contributed by atoms with Crippen molar-refractivity contribution in [1.82, 2.24) is 10.6 Å². The quantitative estimate of drug-likeness (QED) is 0.272. The summed E-state index contributed by atoms with van der Waals surface area (Å²) >= 11 is 0. The third-order valence-corrected chi connectivity index (χ3v) is 3.37. The zero-order valence-corrected chi connectivity index (χ0v) is 15.8. The van der Waals surface area contributed by atoms with Gasteiger partial charge in [-0.15, -0.1) is 24.0 Å². The summed E-state index contributed by atoms with van der Waals surface area (Å²) < 4.78 is 5.59. The highest BCUT2D eigenvalue weighted by molar-refractivity contribution is 14.0. The molecule has 20 heavy (non-hydrogen) atoms. The number of aliphatic imine (C=N–C) groups is 1. The van der Waals surface area contributed by atoms with Gasteiger partial charge in [-0.05, 0) is 44.4 Å². The topological polar surface area (TPSA) is 45.7 Å². The maximum absolute atomic E-state index is 5.59. The van der Waals surface area contributed by atoms with Crippen LogP contribution in [0.15, 0.2) is 4.99 Å². The lowest BCUT2D eigenvalue weighted by Crippen LogP contribution is -2.43. The lowest BCUT2D eigenvalue weighted by molar-refractivity contribution is 0.129. The van der Waals surface area contributed by atoms with Crippen molar-refractivity contribution in [2.24, 2.45) is 16.8 Å². The fourth-order valence-electron chi connectivity index (χ4n) is 1.86. The molecule has 4 nitrogen and oxygen atoms in total. The van der Waals surface area contributed by atoms with Crippen LogP contribution < -0.4 is 10.6 Å². The zero-order valence-electron chi connectivity index (χ0n) is 13.4. The Balaban J connectivity index is 0.00000361. The number of nitrogens with one attached hydrogen (secondary N) is 2. The molecule has 0 heterocycles. The highest BCUT2D eigenvalue weighted by atomic mass is 127. The second-order valence-corrected chi connectivity index (χ2v) is 6.03. The van der Waals surface area contributed by atoms with Crippen molar-refractivity contribution >= 4 is 29.9 Å². The molecule has 1 aliphatic carbocycles. The summed E-state index contributed by atoms with van der Waals surface area (Å²) in [5.74, 6) is 2.48. The number of hydrogen-bond acceptors (Lipinski definition) is 2. The van der Waals surface area contributed by atoms with E-state index in [9.17, 15) is 0 Å². The van der Waals surface area contributed by atoms with E-state index in [-0.39, 0.29) is 24.0 Å². The van der Waals surface area contributed by atoms with Gasteiger partial charge in [-0.2, -0.15) is 0 Å². The van der Waals surface area contributed by atoms with Crippen LogP contribution >= 0.6 is 24.0 Å². The Morgan fingerprint density at radius 3 is 2.50 bits per heavy atom. The smallest absolute Gasteiger partial charge is 0.191 e. The molecule has 0 amide bonds. The third-order valence-electron chi connectivity index (χ3n) is 3.37. The lowest BCUT2D eigenvalue weighted by Gasteiger charge is -2.18. The first-order valence-corrected chi connectivity index (χ1v) is 7.66. The van der Waals surface area contributed by atoms with Crippen LogP contribution in [0.25, 0.3) is 0 Å². The molecule has 1 aliphatic rings. The molecule has 1 unspecified atom stereocenters. The van der Waals surface area contributed by atoms with E-state index in [0.717, 1.165) is 37.6 Å². The highest BCUT2D eigenvalue weighted by Crippen LogP contribution is 2.28. The molecule has 5 heteroatoms. The predicted molar refractivity (Wildman–Crippen MR) is 97.0 cm³/mol. The molecule has 0 bridgehead atoms. The number of guanidine groups is 1. The van der Waals surface area contributed by atoms with Gasteiger partial charge in [0.1, 0.15) is 0 Å². The van der Waals surface area contributed by atoms with Crippen molar-refractivity contribution in [1.29, 1.82) is 0 Å². The molecule has 1 atom stereocenters. The SMILES string of the molecule is CN=C(NCCOCC1CC1)NC(C)CCC(C)C.I. The van der Waals surface area contributed by atoms with Crippen LogP contribution in [0, 0.1) is 11.8 Å². The highest BCUT2D eigenvalue weighted by Gasteiger charge is 2.20. The Morgan fingerprint density at radius 2 is 1.95 bits per heavy atom. The summed E-state index contributed by atoms with van der Waals surface area (Å²) in [7, 11) is 1.82. The van der Waals surface area contributed by atoms with Crippen LogP contribution in [0.2, 0.25) is 0 Å². The number of nitrogens with zero attached hydrogens (tertiary/aromatic N) is 1. The minimum Gasteiger partial charge on any atom is -0.379 e. The van der Waals surface area contributed by atoms with Crippen molar-refractivity contribution in [2.75, 3.05) is 26.8 Å². The standard InChI is InChI=1S/C15H31N3O.HI/c1-12(2)5-6-13(3)18-15(16-4)17-9-10-19-11-14-7-8-14;/h12-14H,5-11H2,1-4H3,(H2,16,17,18);1H. The Kier molecular flexibility index (Phi) is 11.6. The van der Waals surface area contributed by atoms with Gasteiger partial charge in [-0.25, -0.2) is 0 Å². The van der Waals surface area contributed by atoms with E-state index in [0.29, 0.717) is 6.04 Å². The first-order chi connectivity index (χ1) is 9.11. The van der Waals surface area contributed by atoms with Crippen LogP contribution in [-0.4, -0.2) is 38.8 Å². The molecule has 0 aromatic rings. The fourth-order valence-corrected chi connectivity index (χ4v) is 1.86. The van der Waals surface area contributed by atoms with E-state index >= 15 is 0 Å². The van der Waals surface area contributed by atoms with Gasteiger partial charge in [-0.1, -0.05) is 13.8 Å². The van der Waals surface area contributed by atoms with Crippen molar-refractivity contribution in [3.8, 4) is 0 Å². The molecular weight excluding hydrogens is 365 g/mol. The van der Waals surface area contributed by atoms with Crippen LogP contribution in [0.5, 0.6) is 0 Å². The molecular formula is C15H32IN3O. The molecule has 0 spiro atoms. The van der Waals surface area contributed by atoms with Gasteiger partial charge in [0, 0.05) is 26.2 Å². The van der Waals surface area contributed by atoms with E-state index in [2.05, 4.69) is 36.4 Å². The molecule has 1 saturated carbocycles. The molecule has 1 rings (SSSR count). The van der Waals surface area contributed by atoms with Gasteiger partial charge in [-0.3, -0.25) is 4.99 Å². The summed E-state index contributed by atoms with van der Waals surface area (Å²) in [6.07, 6.45) is 5.13. The van der Waals surface area contributed by atoms with Gasteiger partial charge in [0.15, 0.2) is 5.96 Å². The van der Waals surface area contributed by atoms with Gasteiger partial charge in [0.05, 0.1) is 6.61 Å². The van der Waals surface area contributed by atoms with Crippen molar-refractivity contribution in [2.45, 2.75) is 52.5 Å². The maximum Gasteiger partial charge on any atom is 0.191 e. The Bertz CT molecular complexity index is 268. The van der Waals surface area contributed by atoms with Crippen LogP contribution in [0.4, 0.5) is 0 Å². The van der Waals surface area contributed by atoms with Crippen LogP contribution in [0.3, 0.4) is 0 Å². The van der Waals surface area contributed by atoms with E-state index in [1.807, 2.05) is 7.05 Å². The van der Waals surface area contributed by atoms with Crippen molar-refractivity contribution < 1.29 is 4.74 Å². The van der Waals surface area contributed by atoms with Crippen molar-refractivity contribution in [3.05, 3.63) is 0 Å². The second kappa shape index (κ2) is 11.6. The third kappa shape index (κ3) is 10.7. The normalized spacial score (nSPS) is 16.8. The van der Waals surface area contributed by atoms with E-state index in [1.54, 1.807) is 0 Å². The molecule has 0 radical (unpaired) electrons. The minimum atomic E-state index is 0. The van der Waals surface area contributed by atoms with Gasteiger partial charge in [0.2, 0.25) is 0 Å². The number of ether oxygens (including phenoxy) is 1. The van der Waals surface area contributed by atoms with Crippen molar-refractivity contribution in [3.63, 3.8) is 0 Å². The molecule has 1 fully saturated rings. The number of rotatable bonds is 9. The first-order valence-electron chi connectivity index (χ1n) is 7.66. The van der Waals surface area contributed by atoms with E-state index < -0.39 is 0 Å². The van der Waals surface area contributed by atoms with Gasteiger partial charge < -0.3 is 15.4 Å². The summed E-state index contributed by atoms with van der Waals surface area (Å²) in [5.41, 5.74) is 0. The molecule has 120 valence electrons. The Hall–Kier alpha value is -0.0400. The maximum atomic E-state index is 5.59. The zero-order chi connectivity index (χ0) is 14.1. The summed E-state index contributed by atoms with van der Waals surface area (Å²) in [5, 5.41) is 6.71. The predicted octanol–water partition coefficient (Wildman–Crippen LogP) is 3.02. The Labute approximate surface area is 141 Å². The Morgan fingerprint density at radius 1 is 1.25 bits per heavy atom. The largest absolute Gasteiger partial charge is 0.379 e. The minimum absolute atomic E-state index is 0. The average molecular weight is 397 g/mol. The van der Waals surface area contributed by atoms with Gasteiger partial charge >= 0.3 is 0 Å². The van der Waals surface area contributed by atoms with E-state index in [1.165, 1.54) is 25.7 Å². The molecule has 0 aromatic carbocycles. The second-order valence-electron chi connectivity index (χ2n) is 6.03. The molecule has 0 saturated heterocycles. The lowest BCUT2D eigenvalue weighted by atomic mass is 10.0. The summed E-state index contributed by atoms with van der Waals surface area (Å²) in [6, 6.07) is 0.459. The molecule has 0 aromatic heterocycles. The fraction of sp³-hybridized carbons (Fsp3) is 0.933. The monoisotopic (exact) mass is 397 g/mol. The summed E-state index contributed by atoms with van der Waals surface area (Å²) in [4.78, 5) is 4.24. The van der Waals surface area contributed by atoms with Crippen LogP contribution in [-0.2, 0) is 4.74 Å². The summed E-state index contributed by atoms with van der Waals surface area (Å²) in [6.45, 7) is 9.24. The first kappa shape index (κ1) is 20.0. The average Bonchev–Trinajstić information content (AvgIpc) is 3.18. The molecule has 0 aliphatic heterocycles. The van der Waals surface area contributed by atoms with Gasteiger partial charge in [0.25, 0.3) is 0 Å². The van der Waals surface area contributed by atoms with E-state index in [4.69, 9.17) is 4.74 Å². The number of halogens is 1. The number of hydrogen-bond donors (Lipinski definition) is 2.